The lowest BCUT2D eigenvalue weighted by Gasteiger charge is -2.11. The van der Waals surface area contributed by atoms with Gasteiger partial charge in [-0.2, -0.15) is 0 Å². The Morgan fingerprint density at radius 1 is 1.38 bits per heavy atom. The smallest absolute Gasteiger partial charge is 0.319 e. The Morgan fingerprint density at radius 3 is 2.88 bits per heavy atom. The molecular formula is C17H20N4O3. The lowest BCUT2D eigenvalue weighted by Crippen LogP contribution is -2.33. The second kappa shape index (κ2) is 7.16. The standard InChI is InChI=1S/C17H20N4O3/c1-24-15-5-3-2-4-13(15)20-17(23)18-8-9-21-11-19-14(10-16(21)22)12-6-7-12/h2-5,10-12H,6-9H2,1H3,(H2,18,20,23). The molecule has 2 amide bonds. The predicted molar refractivity (Wildman–Crippen MR) is 90.5 cm³/mol. The van der Waals surface area contributed by atoms with Crippen LogP contribution < -0.4 is 20.9 Å². The van der Waals surface area contributed by atoms with E-state index in [1.54, 1.807) is 31.6 Å². The van der Waals surface area contributed by atoms with E-state index in [9.17, 15) is 9.59 Å². The lowest BCUT2D eigenvalue weighted by molar-refractivity contribution is 0.251. The van der Waals surface area contributed by atoms with Gasteiger partial charge in [-0.05, 0) is 25.0 Å². The molecule has 0 saturated heterocycles. The molecule has 2 aromatic rings. The van der Waals surface area contributed by atoms with Crippen LogP contribution in [0, 0.1) is 0 Å². The molecule has 0 radical (unpaired) electrons. The highest BCUT2D eigenvalue weighted by molar-refractivity contribution is 5.90. The Balaban J connectivity index is 1.51. The molecule has 126 valence electrons. The molecule has 1 heterocycles. The number of benzene rings is 1. The van der Waals surface area contributed by atoms with Gasteiger partial charge >= 0.3 is 6.03 Å². The van der Waals surface area contributed by atoms with Crippen molar-refractivity contribution in [3.8, 4) is 5.75 Å². The largest absolute Gasteiger partial charge is 0.495 e. The number of urea groups is 1. The number of hydrogen-bond acceptors (Lipinski definition) is 4. The van der Waals surface area contributed by atoms with Gasteiger partial charge in [-0.15, -0.1) is 0 Å². The summed E-state index contributed by atoms with van der Waals surface area (Å²) in [5.74, 6) is 1.04. The van der Waals surface area contributed by atoms with Crippen LogP contribution in [0.3, 0.4) is 0 Å². The van der Waals surface area contributed by atoms with Gasteiger partial charge in [0.1, 0.15) is 5.75 Å². The first kappa shape index (κ1) is 16.0. The van der Waals surface area contributed by atoms with Crippen LogP contribution in [0.5, 0.6) is 5.75 Å². The Hall–Kier alpha value is -2.83. The topological polar surface area (TPSA) is 85.2 Å². The summed E-state index contributed by atoms with van der Waals surface area (Å²) >= 11 is 0. The number of aromatic nitrogens is 2. The van der Waals surface area contributed by atoms with Crippen LogP contribution in [0.1, 0.15) is 24.5 Å². The summed E-state index contributed by atoms with van der Waals surface area (Å²) < 4.78 is 6.67. The van der Waals surface area contributed by atoms with Gasteiger partial charge in [0.05, 0.1) is 24.8 Å². The molecule has 0 unspecified atom stereocenters. The number of hydrogen-bond donors (Lipinski definition) is 2. The molecule has 3 rings (SSSR count). The summed E-state index contributed by atoms with van der Waals surface area (Å²) in [6, 6.07) is 8.39. The van der Waals surface area contributed by atoms with Gasteiger partial charge in [0.25, 0.3) is 5.56 Å². The maximum Gasteiger partial charge on any atom is 0.319 e. The minimum Gasteiger partial charge on any atom is -0.495 e. The molecule has 0 aliphatic heterocycles. The number of nitrogens with one attached hydrogen (secondary N) is 2. The third-order valence-corrected chi connectivity index (χ3v) is 3.89. The number of amides is 2. The van der Waals surface area contributed by atoms with Gasteiger partial charge in [0.15, 0.2) is 0 Å². The van der Waals surface area contributed by atoms with Gasteiger partial charge in [-0.3, -0.25) is 9.36 Å². The fourth-order valence-corrected chi connectivity index (χ4v) is 2.41. The number of carbonyl (C=O) groups is 1. The molecular weight excluding hydrogens is 308 g/mol. The number of para-hydroxylation sites is 2. The number of rotatable bonds is 6. The molecule has 2 N–H and O–H groups in total. The molecule has 24 heavy (non-hydrogen) atoms. The van der Waals surface area contributed by atoms with E-state index in [0.29, 0.717) is 30.4 Å². The quantitative estimate of drug-likeness (QED) is 0.849. The first-order valence-electron chi connectivity index (χ1n) is 7.91. The zero-order valence-electron chi connectivity index (χ0n) is 13.5. The molecule has 1 aromatic carbocycles. The number of nitrogens with zero attached hydrogens (tertiary/aromatic N) is 2. The Kier molecular flexibility index (Phi) is 4.79. The highest BCUT2D eigenvalue weighted by Gasteiger charge is 2.25. The molecule has 7 heteroatoms. The summed E-state index contributed by atoms with van der Waals surface area (Å²) in [6.45, 7) is 0.696. The van der Waals surface area contributed by atoms with Crippen LogP contribution in [-0.4, -0.2) is 29.2 Å². The van der Waals surface area contributed by atoms with Gasteiger partial charge in [-0.25, -0.2) is 9.78 Å². The highest BCUT2D eigenvalue weighted by atomic mass is 16.5. The SMILES string of the molecule is COc1ccccc1NC(=O)NCCn1cnc(C2CC2)cc1=O. The minimum absolute atomic E-state index is 0.0844. The van der Waals surface area contributed by atoms with Crippen molar-refractivity contribution < 1.29 is 9.53 Å². The van der Waals surface area contributed by atoms with Crippen LogP contribution in [0.15, 0.2) is 41.5 Å². The van der Waals surface area contributed by atoms with Crippen LogP contribution in [0.4, 0.5) is 10.5 Å². The third-order valence-electron chi connectivity index (χ3n) is 3.89. The zero-order chi connectivity index (χ0) is 16.9. The maximum absolute atomic E-state index is 12.0. The van der Waals surface area contributed by atoms with Crippen LogP contribution in [0.2, 0.25) is 0 Å². The van der Waals surface area contributed by atoms with Crippen molar-refractivity contribution in [3.63, 3.8) is 0 Å². The average Bonchev–Trinajstić information content (AvgIpc) is 3.42. The number of ether oxygens (including phenoxy) is 1. The Bertz CT molecular complexity index is 783. The number of carbonyl (C=O) groups excluding carboxylic acids is 1. The van der Waals surface area contributed by atoms with Crippen molar-refractivity contribution in [2.24, 2.45) is 0 Å². The van der Waals surface area contributed by atoms with Gasteiger partial charge in [0, 0.05) is 25.1 Å². The van der Waals surface area contributed by atoms with Gasteiger partial charge in [0.2, 0.25) is 0 Å². The van der Waals surface area contributed by atoms with Crippen molar-refractivity contribution in [1.29, 1.82) is 0 Å². The van der Waals surface area contributed by atoms with E-state index in [4.69, 9.17) is 4.74 Å². The summed E-state index contributed by atoms with van der Waals surface area (Å²) in [7, 11) is 1.54. The fourth-order valence-electron chi connectivity index (χ4n) is 2.41. The Labute approximate surface area is 139 Å². The molecule has 0 atom stereocenters. The van der Waals surface area contributed by atoms with Crippen molar-refractivity contribution in [2.45, 2.75) is 25.3 Å². The van der Waals surface area contributed by atoms with Crippen LogP contribution in [-0.2, 0) is 6.54 Å². The molecule has 0 bridgehead atoms. The number of methoxy groups -OCH3 is 1. The summed E-state index contributed by atoms with van der Waals surface area (Å²) in [5, 5.41) is 5.43. The summed E-state index contributed by atoms with van der Waals surface area (Å²) in [4.78, 5) is 28.2. The fraction of sp³-hybridized carbons (Fsp3) is 0.353. The third kappa shape index (κ3) is 3.92. The van der Waals surface area contributed by atoms with Crippen LogP contribution in [0.25, 0.3) is 0 Å². The molecule has 1 fully saturated rings. The first-order valence-corrected chi connectivity index (χ1v) is 7.91. The van der Waals surface area contributed by atoms with E-state index in [0.717, 1.165) is 18.5 Å². The Morgan fingerprint density at radius 2 is 2.17 bits per heavy atom. The van der Waals surface area contributed by atoms with Crippen molar-refractivity contribution in [1.82, 2.24) is 14.9 Å². The summed E-state index contributed by atoms with van der Waals surface area (Å²) in [6.07, 6.45) is 3.78. The zero-order valence-corrected chi connectivity index (χ0v) is 13.5. The van der Waals surface area contributed by atoms with Gasteiger partial charge in [-0.1, -0.05) is 12.1 Å². The van der Waals surface area contributed by atoms with E-state index < -0.39 is 0 Å². The van der Waals surface area contributed by atoms with E-state index in [1.807, 2.05) is 12.1 Å². The monoisotopic (exact) mass is 328 g/mol. The van der Waals surface area contributed by atoms with E-state index in [1.165, 1.54) is 4.57 Å². The van der Waals surface area contributed by atoms with E-state index in [2.05, 4.69) is 15.6 Å². The highest BCUT2D eigenvalue weighted by Crippen LogP contribution is 2.38. The summed E-state index contributed by atoms with van der Waals surface area (Å²) in [5.41, 5.74) is 1.38. The van der Waals surface area contributed by atoms with Crippen LogP contribution >= 0.6 is 0 Å². The molecule has 1 aliphatic carbocycles. The van der Waals surface area contributed by atoms with Crippen molar-refractivity contribution in [3.05, 3.63) is 52.7 Å². The second-order valence-corrected chi connectivity index (χ2v) is 5.70. The molecule has 7 nitrogen and oxygen atoms in total. The lowest BCUT2D eigenvalue weighted by atomic mass is 10.3. The molecule has 1 aliphatic rings. The van der Waals surface area contributed by atoms with Gasteiger partial charge < -0.3 is 15.4 Å². The van der Waals surface area contributed by atoms with Crippen molar-refractivity contribution in [2.75, 3.05) is 19.0 Å². The van der Waals surface area contributed by atoms with Crippen molar-refractivity contribution >= 4 is 11.7 Å². The average molecular weight is 328 g/mol. The molecule has 1 saturated carbocycles. The molecule has 1 aromatic heterocycles. The minimum atomic E-state index is -0.352. The van der Waals surface area contributed by atoms with E-state index in [-0.39, 0.29) is 11.6 Å². The maximum atomic E-state index is 12.0. The van der Waals surface area contributed by atoms with E-state index >= 15 is 0 Å². The predicted octanol–water partition coefficient (Wildman–Crippen LogP) is 1.95. The molecule has 0 spiro atoms. The second-order valence-electron chi connectivity index (χ2n) is 5.70. The number of anilines is 1. The first-order chi connectivity index (χ1) is 11.7. The normalized spacial score (nSPS) is 13.4.